The van der Waals surface area contributed by atoms with Gasteiger partial charge in [-0.15, -0.1) is 0 Å². The lowest BCUT2D eigenvalue weighted by Crippen LogP contribution is -2.15. The van der Waals surface area contributed by atoms with Crippen molar-refractivity contribution in [3.8, 4) is 23.3 Å². The predicted molar refractivity (Wildman–Crippen MR) is 197 cm³/mol. The van der Waals surface area contributed by atoms with Crippen molar-refractivity contribution >= 4 is 28.5 Å². The lowest BCUT2D eigenvalue weighted by atomic mass is 10.1. The quantitative estimate of drug-likeness (QED) is 0.0981. The maximum atomic E-state index is 12.8. The number of aromatic nitrogens is 4. The van der Waals surface area contributed by atoms with Gasteiger partial charge in [0.25, 0.3) is 0 Å². The van der Waals surface area contributed by atoms with E-state index in [0.29, 0.717) is 39.7 Å². The highest BCUT2D eigenvalue weighted by Gasteiger charge is 2.17. The minimum atomic E-state index is -0.334. The standard InChI is InChI=1S/C38H36N4O8S2/c1-2-23-7-13-30(39-17-23)27(20-43)21-49-28-9-5-25(6-10-28)16-34-36(46)42(38(48)52-34)19-26-8-14-31(40-18-26)32(44)22-50-29-11-3-24(4-12-29)15-33-35(45)41-37(47)51-33/h3-14,17-18,27,43,45-46H,2,15-16,19-22H2,1H3,(H,41,47). The highest BCUT2D eigenvalue weighted by atomic mass is 32.1. The highest BCUT2D eigenvalue weighted by molar-refractivity contribution is 7.09. The van der Waals surface area contributed by atoms with Crippen LogP contribution < -0.4 is 19.2 Å². The van der Waals surface area contributed by atoms with E-state index in [1.807, 2.05) is 42.6 Å². The Morgan fingerprint density at radius 2 is 1.44 bits per heavy atom. The average Bonchev–Trinajstić information content (AvgIpc) is 3.62. The van der Waals surface area contributed by atoms with Gasteiger partial charge in [0.2, 0.25) is 17.5 Å². The first-order valence-electron chi connectivity index (χ1n) is 16.5. The number of carbonyl (C=O) groups excluding carboxylic acids is 1. The smallest absolute Gasteiger partial charge is 0.310 e. The SMILES string of the molecule is CCc1ccc(C(CO)COc2ccc(Cc3sc(=O)n(Cc4ccc(C(=O)COc5ccc(Cc6sc(=O)[nH]c6O)cc5)nc4)c3O)cc2)nc1. The van der Waals surface area contributed by atoms with E-state index in [4.69, 9.17) is 9.47 Å². The maximum absolute atomic E-state index is 12.8. The van der Waals surface area contributed by atoms with Gasteiger partial charge in [0.05, 0.1) is 35.4 Å². The van der Waals surface area contributed by atoms with Crippen LogP contribution in [0.1, 0.15) is 61.0 Å². The van der Waals surface area contributed by atoms with Crippen LogP contribution in [0.3, 0.4) is 0 Å². The number of Topliss-reactive ketones (excluding diaryl/α,β-unsaturated/α-hetero) is 1. The Bertz CT molecular complexity index is 2220. The number of ether oxygens (including phenoxy) is 2. The summed E-state index contributed by atoms with van der Waals surface area (Å²) in [4.78, 5) is 48.4. The number of aromatic hydroxyl groups is 2. The number of benzene rings is 2. The molecule has 268 valence electrons. The zero-order valence-electron chi connectivity index (χ0n) is 28.2. The summed E-state index contributed by atoms with van der Waals surface area (Å²) in [6.45, 7) is 2.08. The van der Waals surface area contributed by atoms with E-state index < -0.39 is 0 Å². The Hall–Kier alpha value is -5.57. The number of pyridine rings is 2. The number of hydrogen-bond donors (Lipinski definition) is 4. The van der Waals surface area contributed by atoms with E-state index in [-0.39, 0.29) is 65.3 Å². The average molecular weight is 741 g/mol. The zero-order chi connectivity index (χ0) is 36.6. The van der Waals surface area contributed by atoms with E-state index in [9.17, 15) is 29.7 Å². The van der Waals surface area contributed by atoms with Crippen molar-refractivity contribution < 1.29 is 29.6 Å². The third kappa shape index (κ3) is 9.01. The van der Waals surface area contributed by atoms with Crippen LogP contribution in [0.4, 0.5) is 0 Å². The first-order valence-corrected chi connectivity index (χ1v) is 18.1. The molecule has 1 unspecified atom stereocenters. The number of H-pyrrole nitrogens is 1. The minimum Gasteiger partial charge on any atom is -0.494 e. The summed E-state index contributed by atoms with van der Waals surface area (Å²) >= 11 is 1.92. The fraction of sp³-hybridized carbons (Fsp3) is 0.237. The number of hydrogen-bond acceptors (Lipinski definition) is 12. The number of ketones is 1. The molecule has 0 aliphatic heterocycles. The molecule has 52 heavy (non-hydrogen) atoms. The number of thiazole rings is 2. The molecule has 6 aromatic rings. The van der Waals surface area contributed by atoms with Gasteiger partial charge in [-0.25, -0.2) is 0 Å². The van der Waals surface area contributed by atoms with E-state index >= 15 is 0 Å². The van der Waals surface area contributed by atoms with Gasteiger partial charge in [-0.1, -0.05) is 66.0 Å². The van der Waals surface area contributed by atoms with E-state index in [0.717, 1.165) is 51.5 Å². The van der Waals surface area contributed by atoms with Crippen molar-refractivity contribution in [3.63, 3.8) is 0 Å². The summed E-state index contributed by atoms with van der Waals surface area (Å²) in [5.74, 6) is 0.259. The molecular formula is C38H36N4O8S2. The Kier molecular flexibility index (Phi) is 11.6. The second kappa shape index (κ2) is 16.6. The highest BCUT2D eigenvalue weighted by Crippen LogP contribution is 2.26. The molecule has 4 heterocycles. The minimum absolute atomic E-state index is 0.0811. The van der Waals surface area contributed by atoms with Crippen LogP contribution in [0.2, 0.25) is 0 Å². The normalized spacial score (nSPS) is 11.7. The number of aliphatic hydroxyl groups excluding tert-OH is 1. The number of carbonyl (C=O) groups is 1. The van der Waals surface area contributed by atoms with Crippen molar-refractivity contribution in [2.45, 2.75) is 38.6 Å². The van der Waals surface area contributed by atoms with Crippen molar-refractivity contribution in [1.82, 2.24) is 19.5 Å². The van der Waals surface area contributed by atoms with Gasteiger partial charge in [-0.3, -0.25) is 33.9 Å². The number of aromatic amines is 1. The molecule has 4 N–H and O–H groups in total. The van der Waals surface area contributed by atoms with Crippen LogP contribution in [-0.2, 0) is 25.8 Å². The Balaban J connectivity index is 0.994. The fourth-order valence-corrected chi connectivity index (χ4v) is 7.02. The van der Waals surface area contributed by atoms with Gasteiger partial charge in [0, 0.05) is 30.9 Å². The van der Waals surface area contributed by atoms with Crippen molar-refractivity contribution in [2.75, 3.05) is 19.8 Å². The largest absolute Gasteiger partial charge is 0.494 e. The van der Waals surface area contributed by atoms with Crippen molar-refractivity contribution in [1.29, 1.82) is 0 Å². The van der Waals surface area contributed by atoms with Crippen LogP contribution in [0, 0.1) is 0 Å². The maximum Gasteiger partial charge on any atom is 0.310 e. The third-order valence-electron chi connectivity index (χ3n) is 8.38. The fourth-order valence-electron chi connectivity index (χ4n) is 5.35. The molecule has 2 aromatic carbocycles. The summed E-state index contributed by atoms with van der Waals surface area (Å²) < 4.78 is 12.8. The molecule has 0 saturated heterocycles. The number of aryl methyl sites for hydroxylation is 1. The second-order valence-electron chi connectivity index (χ2n) is 12.0. The zero-order valence-corrected chi connectivity index (χ0v) is 29.8. The molecule has 0 spiro atoms. The molecular weight excluding hydrogens is 705 g/mol. The van der Waals surface area contributed by atoms with Gasteiger partial charge in [0.15, 0.2) is 6.61 Å². The van der Waals surface area contributed by atoms with Gasteiger partial charge in [-0.2, -0.15) is 0 Å². The summed E-state index contributed by atoms with van der Waals surface area (Å²) in [6.07, 6.45) is 4.93. The molecule has 0 amide bonds. The number of nitrogens with one attached hydrogen (secondary N) is 1. The molecule has 0 bridgehead atoms. The van der Waals surface area contributed by atoms with Crippen LogP contribution >= 0.6 is 22.7 Å². The summed E-state index contributed by atoms with van der Waals surface area (Å²) in [6, 6.07) is 21.5. The molecule has 1 atom stereocenters. The van der Waals surface area contributed by atoms with Gasteiger partial charge < -0.3 is 24.8 Å². The summed E-state index contributed by atoms with van der Waals surface area (Å²) in [5.41, 5.74) is 4.47. The van der Waals surface area contributed by atoms with Gasteiger partial charge >= 0.3 is 9.75 Å². The molecule has 0 fully saturated rings. The second-order valence-corrected chi connectivity index (χ2v) is 14.1. The Labute approximate surface area is 306 Å². The van der Waals surface area contributed by atoms with E-state index in [1.54, 1.807) is 36.4 Å². The molecule has 12 nitrogen and oxygen atoms in total. The number of nitrogens with zero attached hydrogens (tertiary/aromatic N) is 3. The van der Waals surface area contributed by atoms with Gasteiger partial charge in [-0.05, 0) is 65.1 Å². The van der Waals surface area contributed by atoms with E-state index in [2.05, 4.69) is 21.9 Å². The third-order valence-corrected chi connectivity index (χ3v) is 10.2. The van der Waals surface area contributed by atoms with Crippen LogP contribution in [0.25, 0.3) is 0 Å². The lowest BCUT2D eigenvalue weighted by molar-refractivity contribution is 0.0916. The predicted octanol–water partition coefficient (Wildman–Crippen LogP) is 5.07. The molecule has 14 heteroatoms. The molecule has 4 aromatic heterocycles. The first kappa shape index (κ1) is 36.2. The first-order chi connectivity index (χ1) is 25.2. The Morgan fingerprint density at radius 1 is 0.808 bits per heavy atom. The molecule has 6 rings (SSSR count). The van der Waals surface area contributed by atoms with Gasteiger partial charge in [0.1, 0.15) is 17.2 Å². The number of rotatable bonds is 16. The van der Waals surface area contributed by atoms with Crippen LogP contribution in [-0.4, -0.2) is 60.4 Å². The summed E-state index contributed by atoms with van der Waals surface area (Å²) in [5, 5.41) is 30.6. The monoisotopic (exact) mass is 740 g/mol. The molecule has 0 aliphatic carbocycles. The molecule has 0 saturated carbocycles. The molecule has 0 aliphatic rings. The van der Waals surface area contributed by atoms with E-state index in [1.165, 1.54) is 10.8 Å². The molecule has 0 radical (unpaired) electrons. The Morgan fingerprint density at radius 3 is 2.02 bits per heavy atom. The van der Waals surface area contributed by atoms with Crippen LogP contribution in [0.15, 0.2) is 94.8 Å². The topological polar surface area (TPSA) is 177 Å². The van der Waals surface area contributed by atoms with Crippen molar-refractivity contribution in [2.24, 2.45) is 0 Å². The number of aliphatic hydroxyl groups is 1. The van der Waals surface area contributed by atoms with Crippen LogP contribution in [0.5, 0.6) is 23.3 Å². The summed E-state index contributed by atoms with van der Waals surface area (Å²) in [7, 11) is 0. The lowest BCUT2D eigenvalue weighted by Gasteiger charge is -2.15. The van der Waals surface area contributed by atoms with Crippen molar-refractivity contribution in [3.05, 3.63) is 148 Å².